The van der Waals surface area contributed by atoms with Crippen LogP contribution in [0.4, 0.5) is 0 Å². The SMILES string of the molecule is CCOC(=O)C1CCCN(C(=O)c2cc3ccccc3cc2O)C1. The van der Waals surface area contributed by atoms with E-state index < -0.39 is 0 Å². The quantitative estimate of drug-likeness (QED) is 0.880. The number of amides is 1. The number of rotatable bonds is 3. The van der Waals surface area contributed by atoms with Gasteiger partial charge in [0.15, 0.2) is 0 Å². The molecule has 3 rings (SSSR count). The van der Waals surface area contributed by atoms with Gasteiger partial charge in [0.25, 0.3) is 5.91 Å². The van der Waals surface area contributed by atoms with Crippen LogP contribution in [-0.4, -0.2) is 41.6 Å². The summed E-state index contributed by atoms with van der Waals surface area (Å²) in [6.07, 6.45) is 1.48. The molecule has 1 fully saturated rings. The lowest BCUT2D eigenvalue weighted by Crippen LogP contribution is -2.42. The van der Waals surface area contributed by atoms with E-state index in [0.717, 1.165) is 23.6 Å². The van der Waals surface area contributed by atoms with Crippen molar-refractivity contribution < 1.29 is 19.4 Å². The molecule has 0 spiro atoms. The molecule has 0 saturated carbocycles. The number of nitrogens with zero attached hydrogens (tertiary/aromatic N) is 1. The molecule has 24 heavy (non-hydrogen) atoms. The summed E-state index contributed by atoms with van der Waals surface area (Å²) < 4.78 is 5.07. The van der Waals surface area contributed by atoms with Crippen molar-refractivity contribution in [1.29, 1.82) is 0 Å². The van der Waals surface area contributed by atoms with Crippen LogP contribution in [0.25, 0.3) is 10.8 Å². The molecule has 0 aliphatic carbocycles. The van der Waals surface area contributed by atoms with Crippen molar-refractivity contribution in [3.63, 3.8) is 0 Å². The van der Waals surface area contributed by atoms with Gasteiger partial charge in [0.05, 0.1) is 18.1 Å². The third-order valence-electron chi connectivity index (χ3n) is 4.42. The molecule has 5 heteroatoms. The van der Waals surface area contributed by atoms with Crippen molar-refractivity contribution >= 4 is 22.6 Å². The zero-order chi connectivity index (χ0) is 17.1. The average molecular weight is 327 g/mol. The van der Waals surface area contributed by atoms with Gasteiger partial charge in [0.1, 0.15) is 5.75 Å². The molecular weight excluding hydrogens is 306 g/mol. The molecule has 0 bridgehead atoms. The summed E-state index contributed by atoms with van der Waals surface area (Å²) in [6, 6.07) is 10.9. The van der Waals surface area contributed by atoms with Crippen LogP contribution in [0.2, 0.25) is 0 Å². The van der Waals surface area contributed by atoms with Crippen LogP contribution in [0.3, 0.4) is 0 Å². The molecule has 2 aromatic carbocycles. The monoisotopic (exact) mass is 327 g/mol. The van der Waals surface area contributed by atoms with Gasteiger partial charge in [0, 0.05) is 13.1 Å². The van der Waals surface area contributed by atoms with E-state index >= 15 is 0 Å². The van der Waals surface area contributed by atoms with E-state index in [9.17, 15) is 14.7 Å². The minimum absolute atomic E-state index is 0.0306. The summed E-state index contributed by atoms with van der Waals surface area (Å²) >= 11 is 0. The zero-order valence-electron chi connectivity index (χ0n) is 13.7. The van der Waals surface area contributed by atoms with Crippen LogP contribution in [0.5, 0.6) is 5.75 Å². The summed E-state index contributed by atoms with van der Waals surface area (Å²) in [5.41, 5.74) is 0.276. The molecule has 0 radical (unpaired) electrons. The number of fused-ring (bicyclic) bond motifs is 1. The zero-order valence-corrected chi connectivity index (χ0v) is 13.7. The van der Waals surface area contributed by atoms with Gasteiger partial charge in [-0.1, -0.05) is 24.3 Å². The van der Waals surface area contributed by atoms with E-state index in [0.29, 0.717) is 19.7 Å². The highest BCUT2D eigenvalue weighted by molar-refractivity contribution is 6.01. The van der Waals surface area contributed by atoms with Gasteiger partial charge in [0.2, 0.25) is 0 Å². The maximum atomic E-state index is 12.8. The van der Waals surface area contributed by atoms with E-state index in [1.807, 2.05) is 24.3 Å². The van der Waals surface area contributed by atoms with E-state index in [1.165, 1.54) is 0 Å². The lowest BCUT2D eigenvalue weighted by atomic mass is 9.97. The fourth-order valence-electron chi connectivity index (χ4n) is 3.18. The largest absolute Gasteiger partial charge is 0.507 e. The van der Waals surface area contributed by atoms with Crippen molar-refractivity contribution in [2.45, 2.75) is 19.8 Å². The van der Waals surface area contributed by atoms with Gasteiger partial charge in [-0.05, 0) is 42.7 Å². The number of hydrogen-bond donors (Lipinski definition) is 1. The Hall–Kier alpha value is -2.56. The van der Waals surface area contributed by atoms with Crippen molar-refractivity contribution in [2.75, 3.05) is 19.7 Å². The molecule has 5 nitrogen and oxygen atoms in total. The number of likely N-dealkylation sites (tertiary alicyclic amines) is 1. The number of piperidine rings is 1. The van der Waals surface area contributed by atoms with Crippen molar-refractivity contribution in [3.05, 3.63) is 42.0 Å². The van der Waals surface area contributed by atoms with Crippen molar-refractivity contribution in [2.24, 2.45) is 5.92 Å². The fourth-order valence-corrected chi connectivity index (χ4v) is 3.18. The van der Waals surface area contributed by atoms with E-state index in [2.05, 4.69) is 0 Å². The Morgan fingerprint density at radius 3 is 2.67 bits per heavy atom. The van der Waals surface area contributed by atoms with Crippen LogP contribution in [0.15, 0.2) is 36.4 Å². The smallest absolute Gasteiger partial charge is 0.310 e. The minimum atomic E-state index is -0.287. The third-order valence-corrected chi connectivity index (χ3v) is 4.42. The average Bonchev–Trinajstić information content (AvgIpc) is 2.61. The number of phenolic OH excluding ortho intramolecular Hbond substituents is 1. The topological polar surface area (TPSA) is 66.8 Å². The number of benzene rings is 2. The molecule has 0 aromatic heterocycles. The van der Waals surface area contributed by atoms with Crippen molar-refractivity contribution in [3.8, 4) is 5.75 Å². The lowest BCUT2D eigenvalue weighted by Gasteiger charge is -2.31. The van der Waals surface area contributed by atoms with Gasteiger partial charge >= 0.3 is 5.97 Å². The fraction of sp³-hybridized carbons (Fsp3) is 0.368. The molecule has 1 heterocycles. The van der Waals surface area contributed by atoms with Gasteiger partial charge in [-0.3, -0.25) is 9.59 Å². The Balaban J connectivity index is 1.83. The number of ether oxygens (including phenoxy) is 1. The number of phenols is 1. The molecular formula is C19H21NO4. The second kappa shape index (κ2) is 6.91. The maximum absolute atomic E-state index is 12.8. The first-order valence-corrected chi connectivity index (χ1v) is 8.28. The van der Waals surface area contributed by atoms with Crippen molar-refractivity contribution in [1.82, 2.24) is 4.90 Å². The van der Waals surface area contributed by atoms with Gasteiger partial charge in [-0.25, -0.2) is 0 Å². The van der Waals surface area contributed by atoms with E-state index in [-0.39, 0.29) is 29.1 Å². The van der Waals surface area contributed by atoms with Gasteiger partial charge in [-0.15, -0.1) is 0 Å². The third kappa shape index (κ3) is 3.20. The Bertz CT molecular complexity index is 771. The van der Waals surface area contributed by atoms with Crippen LogP contribution in [0, 0.1) is 5.92 Å². The molecule has 1 N–H and O–H groups in total. The number of carbonyl (C=O) groups is 2. The van der Waals surface area contributed by atoms with Crippen LogP contribution in [0.1, 0.15) is 30.1 Å². The molecule has 1 saturated heterocycles. The van der Waals surface area contributed by atoms with Crippen LogP contribution in [-0.2, 0) is 9.53 Å². The maximum Gasteiger partial charge on any atom is 0.310 e. The first kappa shape index (κ1) is 16.3. The second-order valence-electron chi connectivity index (χ2n) is 6.06. The summed E-state index contributed by atoms with van der Waals surface area (Å²) in [7, 11) is 0. The predicted octanol–water partition coefficient (Wildman–Crippen LogP) is 2.96. The van der Waals surface area contributed by atoms with E-state index in [4.69, 9.17) is 4.74 Å². The van der Waals surface area contributed by atoms with E-state index in [1.54, 1.807) is 24.0 Å². The molecule has 2 aromatic rings. The van der Waals surface area contributed by atoms with Gasteiger partial charge < -0.3 is 14.7 Å². The molecule has 1 amide bonds. The first-order valence-electron chi connectivity index (χ1n) is 8.28. The number of hydrogen-bond acceptors (Lipinski definition) is 4. The number of esters is 1. The standard InChI is InChI=1S/C19H21NO4/c1-2-24-19(23)15-8-5-9-20(12-15)18(22)16-10-13-6-3-4-7-14(13)11-17(16)21/h3-4,6-7,10-11,15,21H,2,5,8-9,12H2,1H3. The number of carbonyl (C=O) groups excluding carboxylic acids is 2. The molecule has 1 aliphatic heterocycles. The highest BCUT2D eigenvalue weighted by Gasteiger charge is 2.30. The Labute approximate surface area is 140 Å². The summed E-state index contributed by atoms with van der Waals surface area (Å²) in [5, 5.41) is 12.0. The highest BCUT2D eigenvalue weighted by Crippen LogP contribution is 2.28. The highest BCUT2D eigenvalue weighted by atomic mass is 16.5. The normalized spacial score (nSPS) is 17.7. The molecule has 1 unspecified atom stereocenters. The first-order chi connectivity index (χ1) is 11.6. The summed E-state index contributed by atoms with van der Waals surface area (Å²) in [6.45, 7) is 3.04. The van der Waals surface area contributed by atoms with Crippen LogP contribution >= 0.6 is 0 Å². The minimum Gasteiger partial charge on any atom is -0.507 e. The Morgan fingerprint density at radius 1 is 1.25 bits per heavy atom. The van der Waals surface area contributed by atoms with Gasteiger partial charge in [-0.2, -0.15) is 0 Å². The summed E-state index contributed by atoms with van der Waals surface area (Å²) in [5.74, 6) is -0.813. The Kier molecular flexibility index (Phi) is 4.69. The Morgan fingerprint density at radius 2 is 1.96 bits per heavy atom. The second-order valence-corrected chi connectivity index (χ2v) is 6.06. The number of aromatic hydroxyl groups is 1. The van der Waals surface area contributed by atoms with Crippen LogP contribution < -0.4 is 0 Å². The lowest BCUT2D eigenvalue weighted by molar-refractivity contribution is -0.149. The predicted molar refractivity (Wildman–Crippen MR) is 90.9 cm³/mol. The molecule has 1 aliphatic rings. The summed E-state index contributed by atoms with van der Waals surface area (Å²) in [4.78, 5) is 26.4. The molecule has 1 atom stereocenters. The molecule has 126 valence electrons.